The van der Waals surface area contributed by atoms with Gasteiger partial charge in [-0.2, -0.15) is 0 Å². The molecule has 0 spiro atoms. The molecule has 1 aliphatic rings. The molecule has 0 aromatic carbocycles. The predicted octanol–water partition coefficient (Wildman–Crippen LogP) is 1.21. The molecule has 0 aromatic rings. The molecule has 80 valence electrons. The van der Waals surface area contributed by atoms with Crippen molar-refractivity contribution >= 4 is 5.91 Å². The zero-order chi connectivity index (χ0) is 10.2. The number of hydrogen-bond acceptors (Lipinski definition) is 2. The Morgan fingerprint density at radius 3 is 3.00 bits per heavy atom. The summed E-state index contributed by atoms with van der Waals surface area (Å²) in [6.45, 7) is 3.46. The Labute approximate surface area is 86.0 Å². The van der Waals surface area contributed by atoms with Gasteiger partial charge in [0.1, 0.15) is 0 Å². The largest absolute Gasteiger partial charge is 0.352 e. The van der Waals surface area contributed by atoms with Crippen molar-refractivity contribution in [2.24, 2.45) is 0 Å². The van der Waals surface area contributed by atoms with E-state index in [0.29, 0.717) is 12.6 Å². The minimum Gasteiger partial charge on any atom is -0.352 e. The van der Waals surface area contributed by atoms with E-state index in [0.717, 1.165) is 32.2 Å². The van der Waals surface area contributed by atoms with Crippen LogP contribution in [0.2, 0.25) is 0 Å². The van der Waals surface area contributed by atoms with Gasteiger partial charge in [-0.3, -0.25) is 4.79 Å². The number of hydrogen-bond donors (Lipinski definition) is 2. The van der Waals surface area contributed by atoms with Crippen LogP contribution in [0.4, 0.5) is 0 Å². The van der Waals surface area contributed by atoms with Gasteiger partial charge in [-0.25, -0.2) is 0 Å². The molecular weight excluding hydrogens is 176 g/mol. The van der Waals surface area contributed by atoms with E-state index in [1.54, 1.807) is 0 Å². The summed E-state index contributed by atoms with van der Waals surface area (Å²) >= 11 is 0. The summed E-state index contributed by atoms with van der Waals surface area (Å²) in [4.78, 5) is 11.4. The van der Waals surface area contributed by atoms with Crippen molar-refractivity contribution in [3.05, 3.63) is 12.2 Å². The lowest BCUT2D eigenvalue weighted by Gasteiger charge is -2.19. The van der Waals surface area contributed by atoms with Crippen LogP contribution in [0.3, 0.4) is 0 Å². The van der Waals surface area contributed by atoms with Crippen LogP contribution in [0.15, 0.2) is 12.2 Å². The third-order valence-electron chi connectivity index (χ3n) is 2.35. The van der Waals surface area contributed by atoms with Gasteiger partial charge in [0.15, 0.2) is 0 Å². The molecule has 0 saturated carbocycles. The smallest absolute Gasteiger partial charge is 0.234 e. The summed E-state index contributed by atoms with van der Waals surface area (Å²) in [6.07, 6.45) is 8.55. The molecule has 3 nitrogen and oxygen atoms in total. The standard InChI is InChI=1S/C11H20N2O/c1-2-8-12-9-11(14)13-10-6-4-3-5-7-10/h3-4,10,12H,2,5-9H2,1H3,(H,13,14). The van der Waals surface area contributed by atoms with Crippen molar-refractivity contribution in [1.82, 2.24) is 10.6 Å². The van der Waals surface area contributed by atoms with Crippen LogP contribution in [0.5, 0.6) is 0 Å². The van der Waals surface area contributed by atoms with Crippen molar-refractivity contribution in [2.75, 3.05) is 13.1 Å². The quantitative estimate of drug-likeness (QED) is 0.512. The van der Waals surface area contributed by atoms with Crippen LogP contribution in [0, 0.1) is 0 Å². The Hall–Kier alpha value is -0.830. The Morgan fingerprint density at radius 1 is 1.50 bits per heavy atom. The summed E-state index contributed by atoms with van der Waals surface area (Å²) < 4.78 is 0. The predicted molar refractivity (Wildman–Crippen MR) is 58.1 cm³/mol. The second-order valence-corrected chi connectivity index (χ2v) is 3.73. The first kappa shape index (κ1) is 11.2. The Bertz CT molecular complexity index is 201. The molecule has 0 fully saturated rings. The van der Waals surface area contributed by atoms with E-state index in [2.05, 4.69) is 29.7 Å². The third-order valence-corrected chi connectivity index (χ3v) is 2.35. The molecule has 2 N–H and O–H groups in total. The van der Waals surface area contributed by atoms with Crippen LogP contribution >= 0.6 is 0 Å². The zero-order valence-electron chi connectivity index (χ0n) is 8.88. The summed E-state index contributed by atoms with van der Waals surface area (Å²) in [5.41, 5.74) is 0. The van der Waals surface area contributed by atoms with Crippen molar-refractivity contribution < 1.29 is 4.79 Å². The average molecular weight is 196 g/mol. The van der Waals surface area contributed by atoms with Gasteiger partial charge in [0.05, 0.1) is 6.54 Å². The highest BCUT2D eigenvalue weighted by Crippen LogP contribution is 2.09. The second-order valence-electron chi connectivity index (χ2n) is 3.73. The molecule has 0 heterocycles. The fourth-order valence-corrected chi connectivity index (χ4v) is 1.58. The minimum absolute atomic E-state index is 0.124. The molecule has 3 heteroatoms. The van der Waals surface area contributed by atoms with E-state index in [9.17, 15) is 4.79 Å². The number of nitrogens with one attached hydrogen (secondary N) is 2. The van der Waals surface area contributed by atoms with Crippen LogP contribution < -0.4 is 10.6 Å². The van der Waals surface area contributed by atoms with Crippen LogP contribution in [0.1, 0.15) is 32.6 Å². The zero-order valence-corrected chi connectivity index (χ0v) is 8.88. The van der Waals surface area contributed by atoms with Gasteiger partial charge in [-0.05, 0) is 32.2 Å². The summed E-state index contributed by atoms with van der Waals surface area (Å²) in [5, 5.41) is 6.12. The van der Waals surface area contributed by atoms with Gasteiger partial charge >= 0.3 is 0 Å². The van der Waals surface area contributed by atoms with Gasteiger partial charge in [0.2, 0.25) is 5.91 Å². The maximum Gasteiger partial charge on any atom is 0.234 e. The van der Waals surface area contributed by atoms with E-state index >= 15 is 0 Å². The summed E-state index contributed by atoms with van der Waals surface area (Å²) in [6, 6.07) is 0.357. The number of carbonyl (C=O) groups excluding carboxylic acids is 1. The monoisotopic (exact) mass is 196 g/mol. The maximum atomic E-state index is 11.4. The van der Waals surface area contributed by atoms with Crippen molar-refractivity contribution in [3.8, 4) is 0 Å². The Balaban J connectivity index is 2.10. The first-order chi connectivity index (χ1) is 6.83. The summed E-state index contributed by atoms with van der Waals surface area (Å²) in [7, 11) is 0. The number of allylic oxidation sites excluding steroid dienone is 1. The van der Waals surface area contributed by atoms with Gasteiger partial charge in [0, 0.05) is 6.04 Å². The highest BCUT2D eigenvalue weighted by molar-refractivity contribution is 5.78. The summed E-state index contributed by atoms with van der Waals surface area (Å²) in [5.74, 6) is 0.124. The number of amides is 1. The molecule has 0 bridgehead atoms. The van der Waals surface area contributed by atoms with E-state index in [-0.39, 0.29) is 5.91 Å². The average Bonchev–Trinajstić information content (AvgIpc) is 2.20. The highest BCUT2D eigenvalue weighted by atomic mass is 16.1. The SMILES string of the molecule is CCCNCC(=O)NC1CC=CCC1. The van der Waals surface area contributed by atoms with Gasteiger partial charge in [-0.15, -0.1) is 0 Å². The molecule has 0 aliphatic heterocycles. The fourth-order valence-electron chi connectivity index (χ4n) is 1.58. The van der Waals surface area contributed by atoms with Crippen LogP contribution in [0.25, 0.3) is 0 Å². The van der Waals surface area contributed by atoms with Gasteiger partial charge in [-0.1, -0.05) is 19.1 Å². The fraction of sp³-hybridized carbons (Fsp3) is 0.727. The molecule has 1 aliphatic carbocycles. The number of carbonyl (C=O) groups is 1. The molecule has 0 saturated heterocycles. The topological polar surface area (TPSA) is 41.1 Å². The molecule has 0 radical (unpaired) electrons. The molecular formula is C11H20N2O. The van der Waals surface area contributed by atoms with Crippen LogP contribution in [-0.2, 0) is 4.79 Å². The van der Waals surface area contributed by atoms with Crippen molar-refractivity contribution in [3.63, 3.8) is 0 Å². The molecule has 1 amide bonds. The normalized spacial score (nSPS) is 20.8. The lowest BCUT2D eigenvalue weighted by atomic mass is 10.0. The van der Waals surface area contributed by atoms with E-state index in [1.165, 1.54) is 0 Å². The maximum absolute atomic E-state index is 11.4. The lowest BCUT2D eigenvalue weighted by Crippen LogP contribution is -2.40. The third kappa shape index (κ3) is 4.42. The van der Waals surface area contributed by atoms with E-state index in [4.69, 9.17) is 0 Å². The van der Waals surface area contributed by atoms with Crippen LogP contribution in [-0.4, -0.2) is 25.0 Å². The van der Waals surface area contributed by atoms with Gasteiger partial charge < -0.3 is 10.6 Å². The minimum atomic E-state index is 0.124. The Kier molecular flexibility index (Phi) is 5.30. The number of rotatable bonds is 5. The van der Waals surface area contributed by atoms with E-state index < -0.39 is 0 Å². The van der Waals surface area contributed by atoms with Crippen molar-refractivity contribution in [2.45, 2.75) is 38.6 Å². The highest BCUT2D eigenvalue weighted by Gasteiger charge is 2.11. The van der Waals surface area contributed by atoms with E-state index in [1.807, 2.05) is 0 Å². The van der Waals surface area contributed by atoms with Crippen molar-refractivity contribution in [1.29, 1.82) is 0 Å². The Morgan fingerprint density at radius 2 is 2.36 bits per heavy atom. The molecule has 1 unspecified atom stereocenters. The first-order valence-electron chi connectivity index (χ1n) is 5.48. The molecule has 14 heavy (non-hydrogen) atoms. The molecule has 1 rings (SSSR count). The second kappa shape index (κ2) is 6.60. The van der Waals surface area contributed by atoms with Gasteiger partial charge in [0.25, 0.3) is 0 Å². The first-order valence-corrected chi connectivity index (χ1v) is 5.48. The lowest BCUT2D eigenvalue weighted by molar-refractivity contribution is -0.121. The molecule has 1 atom stereocenters. The molecule has 0 aromatic heterocycles.